The Labute approximate surface area is 126 Å². The lowest BCUT2D eigenvalue weighted by Gasteiger charge is -2.28. The third-order valence-corrected chi connectivity index (χ3v) is 3.82. The summed E-state index contributed by atoms with van der Waals surface area (Å²) < 4.78 is 14.5. The Kier molecular flexibility index (Phi) is 4.97. The van der Waals surface area contributed by atoms with E-state index in [2.05, 4.69) is 24.4 Å². The quantitative estimate of drug-likeness (QED) is 0.866. The summed E-state index contributed by atoms with van der Waals surface area (Å²) in [6.07, 6.45) is 0. The third kappa shape index (κ3) is 3.24. The Morgan fingerprint density at radius 2 is 1.90 bits per heavy atom. The molecule has 2 aromatic carbocycles. The van der Waals surface area contributed by atoms with Crippen LogP contribution >= 0.6 is 0 Å². The number of rotatable bonds is 5. The maximum Gasteiger partial charge on any atom is 0.147 e. The summed E-state index contributed by atoms with van der Waals surface area (Å²) in [6.45, 7) is 6.86. The van der Waals surface area contributed by atoms with Crippen LogP contribution in [0.5, 0.6) is 0 Å². The zero-order valence-corrected chi connectivity index (χ0v) is 13.2. The van der Waals surface area contributed by atoms with Crippen LogP contribution in [-0.4, -0.2) is 13.6 Å². The van der Waals surface area contributed by atoms with Crippen molar-refractivity contribution in [1.29, 1.82) is 0 Å². The highest BCUT2D eigenvalue weighted by atomic mass is 19.1. The fraction of sp³-hybridized carbons (Fsp3) is 0.333. The predicted molar refractivity (Wildman–Crippen MR) is 87.7 cm³/mol. The third-order valence-electron chi connectivity index (χ3n) is 3.82. The maximum atomic E-state index is 14.5. The smallest absolute Gasteiger partial charge is 0.147 e. The van der Waals surface area contributed by atoms with E-state index in [1.807, 2.05) is 44.0 Å². The summed E-state index contributed by atoms with van der Waals surface area (Å²) in [7, 11) is 1.89. The van der Waals surface area contributed by atoms with E-state index in [-0.39, 0.29) is 11.9 Å². The first kappa shape index (κ1) is 15.5. The van der Waals surface area contributed by atoms with Crippen LogP contribution in [-0.2, 0) is 0 Å². The second kappa shape index (κ2) is 6.72. The molecule has 1 unspecified atom stereocenters. The van der Waals surface area contributed by atoms with E-state index in [1.54, 1.807) is 6.07 Å². The van der Waals surface area contributed by atoms with E-state index in [9.17, 15) is 4.39 Å². The van der Waals surface area contributed by atoms with Gasteiger partial charge in [0.25, 0.3) is 0 Å². The molecule has 0 aliphatic heterocycles. The minimum atomic E-state index is -0.182. The summed E-state index contributed by atoms with van der Waals surface area (Å²) in [6, 6.07) is 13.5. The van der Waals surface area contributed by atoms with Gasteiger partial charge in [-0.3, -0.25) is 0 Å². The Hall–Kier alpha value is -1.87. The highest BCUT2D eigenvalue weighted by Crippen LogP contribution is 2.34. The Morgan fingerprint density at radius 1 is 1.19 bits per heavy atom. The van der Waals surface area contributed by atoms with Gasteiger partial charge < -0.3 is 10.2 Å². The molecule has 1 atom stereocenters. The molecule has 0 radical (unpaired) electrons. The molecule has 0 amide bonds. The first-order valence-corrected chi connectivity index (χ1v) is 7.38. The van der Waals surface area contributed by atoms with Crippen molar-refractivity contribution >= 4 is 11.4 Å². The van der Waals surface area contributed by atoms with E-state index in [1.165, 1.54) is 11.6 Å². The predicted octanol–water partition coefficient (Wildman–Crippen LogP) is 4.57. The molecule has 0 fully saturated rings. The first-order chi connectivity index (χ1) is 10.1. The number of hydrogen-bond donors (Lipinski definition) is 1. The van der Waals surface area contributed by atoms with Gasteiger partial charge in [-0.2, -0.15) is 0 Å². The lowest BCUT2D eigenvalue weighted by molar-refractivity contribution is 0.606. The van der Waals surface area contributed by atoms with Crippen molar-refractivity contribution in [1.82, 2.24) is 5.32 Å². The van der Waals surface area contributed by atoms with Gasteiger partial charge in [-0.15, -0.1) is 0 Å². The molecule has 1 N–H and O–H groups in total. The number of anilines is 2. The van der Waals surface area contributed by atoms with Gasteiger partial charge in [-0.1, -0.05) is 24.3 Å². The molecule has 0 saturated heterocycles. The van der Waals surface area contributed by atoms with Gasteiger partial charge in [0.1, 0.15) is 5.82 Å². The summed E-state index contributed by atoms with van der Waals surface area (Å²) in [5.41, 5.74) is 3.82. The molecule has 2 nitrogen and oxygen atoms in total. The SMILES string of the molecule is CCN(c1cccc(C)c1)c1c(F)cccc1C(C)NC. The highest BCUT2D eigenvalue weighted by molar-refractivity contribution is 5.68. The number of hydrogen-bond acceptors (Lipinski definition) is 2. The maximum absolute atomic E-state index is 14.5. The van der Waals surface area contributed by atoms with Crippen LogP contribution in [0.1, 0.15) is 31.0 Å². The van der Waals surface area contributed by atoms with Crippen molar-refractivity contribution in [2.24, 2.45) is 0 Å². The number of benzene rings is 2. The van der Waals surface area contributed by atoms with Gasteiger partial charge in [0.15, 0.2) is 0 Å². The topological polar surface area (TPSA) is 15.3 Å². The van der Waals surface area contributed by atoms with Gasteiger partial charge in [0.2, 0.25) is 0 Å². The monoisotopic (exact) mass is 286 g/mol. The molecule has 0 aromatic heterocycles. The summed E-state index contributed by atoms with van der Waals surface area (Å²) in [4.78, 5) is 2.03. The zero-order valence-electron chi connectivity index (χ0n) is 13.2. The average molecular weight is 286 g/mol. The van der Waals surface area contributed by atoms with E-state index in [4.69, 9.17) is 0 Å². The van der Waals surface area contributed by atoms with E-state index in [0.29, 0.717) is 12.2 Å². The number of halogens is 1. The normalized spacial score (nSPS) is 12.2. The van der Waals surface area contributed by atoms with E-state index < -0.39 is 0 Å². The van der Waals surface area contributed by atoms with Gasteiger partial charge in [-0.05, 0) is 57.1 Å². The van der Waals surface area contributed by atoms with E-state index >= 15 is 0 Å². The van der Waals surface area contributed by atoms with Crippen LogP contribution in [0.15, 0.2) is 42.5 Å². The first-order valence-electron chi connectivity index (χ1n) is 7.38. The van der Waals surface area contributed by atoms with Crippen molar-refractivity contribution in [2.45, 2.75) is 26.8 Å². The van der Waals surface area contributed by atoms with Crippen molar-refractivity contribution < 1.29 is 4.39 Å². The standard InChI is InChI=1S/C18H23FN2/c1-5-21(15-9-6-8-13(2)12-15)18-16(14(3)20-4)10-7-11-17(18)19/h6-12,14,20H,5H2,1-4H3. The van der Waals surface area contributed by atoms with Crippen LogP contribution in [0.3, 0.4) is 0 Å². The molecule has 0 bridgehead atoms. The fourth-order valence-corrected chi connectivity index (χ4v) is 2.59. The van der Waals surface area contributed by atoms with Gasteiger partial charge in [0, 0.05) is 18.3 Å². The average Bonchev–Trinajstić information content (AvgIpc) is 2.49. The molecule has 0 aliphatic carbocycles. The molecule has 2 rings (SSSR count). The zero-order chi connectivity index (χ0) is 15.4. The second-order valence-electron chi connectivity index (χ2n) is 5.27. The number of nitrogens with one attached hydrogen (secondary N) is 1. The Morgan fingerprint density at radius 3 is 2.52 bits per heavy atom. The molecule has 2 aromatic rings. The lowest BCUT2D eigenvalue weighted by Crippen LogP contribution is -2.22. The fourth-order valence-electron chi connectivity index (χ4n) is 2.59. The summed E-state index contributed by atoms with van der Waals surface area (Å²) >= 11 is 0. The summed E-state index contributed by atoms with van der Waals surface area (Å²) in [5.74, 6) is -0.182. The minimum Gasteiger partial charge on any atom is -0.339 e. The molecule has 0 spiro atoms. The number of aryl methyl sites for hydroxylation is 1. The second-order valence-corrected chi connectivity index (χ2v) is 5.27. The Bertz CT molecular complexity index is 610. The molecule has 112 valence electrons. The van der Waals surface area contributed by atoms with Crippen LogP contribution in [0.4, 0.5) is 15.8 Å². The highest BCUT2D eigenvalue weighted by Gasteiger charge is 2.19. The number of para-hydroxylation sites is 1. The van der Waals surface area contributed by atoms with Crippen molar-refractivity contribution in [3.05, 3.63) is 59.4 Å². The summed E-state index contributed by atoms with van der Waals surface area (Å²) in [5, 5.41) is 3.20. The lowest BCUT2D eigenvalue weighted by atomic mass is 10.0. The molecule has 0 heterocycles. The van der Waals surface area contributed by atoms with Gasteiger partial charge >= 0.3 is 0 Å². The minimum absolute atomic E-state index is 0.0922. The van der Waals surface area contributed by atoms with Crippen LogP contribution in [0.2, 0.25) is 0 Å². The molecule has 21 heavy (non-hydrogen) atoms. The van der Waals surface area contributed by atoms with Crippen LogP contribution < -0.4 is 10.2 Å². The number of nitrogens with zero attached hydrogens (tertiary/aromatic N) is 1. The van der Waals surface area contributed by atoms with Gasteiger partial charge in [0.05, 0.1) is 5.69 Å². The van der Waals surface area contributed by atoms with E-state index in [0.717, 1.165) is 11.3 Å². The molecular formula is C18H23FN2. The van der Waals surface area contributed by atoms with Crippen LogP contribution in [0.25, 0.3) is 0 Å². The van der Waals surface area contributed by atoms with Crippen molar-refractivity contribution in [3.8, 4) is 0 Å². The molecule has 0 saturated carbocycles. The Balaban J connectivity index is 2.57. The van der Waals surface area contributed by atoms with Crippen LogP contribution in [0, 0.1) is 12.7 Å². The molecular weight excluding hydrogens is 263 g/mol. The molecule has 0 aliphatic rings. The van der Waals surface area contributed by atoms with Crippen molar-refractivity contribution in [2.75, 3.05) is 18.5 Å². The van der Waals surface area contributed by atoms with Crippen molar-refractivity contribution in [3.63, 3.8) is 0 Å². The molecule has 3 heteroatoms. The largest absolute Gasteiger partial charge is 0.339 e. The van der Waals surface area contributed by atoms with Gasteiger partial charge in [-0.25, -0.2) is 4.39 Å².